The lowest BCUT2D eigenvalue weighted by molar-refractivity contribution is -0.119. The predicted molar refractivity (Wildman–Crippen MR) is 109 cm³/mol. The molecule has 5 rings (SSSR count). The van der Waals surface area contributed by atoms with E-state index in [1.54, 1.807) is 6.07 Å². The van der Waals surface area contributed by atoms with Crippen molar-refractivity contribution in [3.05, 3.63) is 42.5 Å². The molecule has 156 valence electrons. The smallest absolute Gasteiger partial charge is 0.245 e. The van der Waals surface area contributed by atoms with Gasteiger partial charge in [0.2, 0.25) is 21.9 Å². The van der Waals surface area contributed by atoms with Crippen molar-refractivity contribution in [1.82, 2.24) is 14.3 Å². The molecule has 0 spiro atoms. The van der Waals surface area contributed by atoms with Crippen LogP contribution in [0.4, 0.5) is 5.95 Å². The van der Waals surface area contributed by atoms with Crippen LogP contribution in [-0.2, 0) is 14.8 Å². The lowest BCUT2D eigenvalue weighted by Crippen LogP contribution is -2.43. The number of aromatic amines is 1. The van der Waals surface area contributed by atoms with Crippen molar-refractivity contribution in [2.45, 2.75) is 23.8 Å². The molecule has 30 heavy (non-hydrogen) atoms. The number of aromatic nitrogens is 2. The first-order valence-corrected chi connectivity index (χ1v) is 11.1. The number of amides is 1. The molecule has 2 aliphatic rings. The summed E-state index contributed by atoms with van der Waals surface area (Å²) in [6, 6.07) is 11.1. The number of hydrogen-bond donors (Lipinski definition) is 2. The van der Waals surface area contributed by atoms with Crippen molar-refractivity contribution in [3.63, 3.8) is 0 Å². The third kappa shape index (κ3) is 3.27. The summed E-state index contributed by atoms with van der Waals surface area (Å²) < 4.78 is 38.7. The van der Waals surface area contributed by atoms with Crippen molar-refractivity contribution in [3.8, 4) is 11.5 Å². The minimum atomic E-state index is -3.88. The molecule has 3 aromatic rings. The second kappa shape index (κ2) is 7.29. The van der Waals surface area contributed by atoms with Gasteiger partial charge in [-0.15, -0.1) is 0 Å². The predicted octanol–water partition coefficient (Wildman–Crippen LogP) is 2.13. The zero-order valence-electron chi connectivity index (χ0n) is 16.0. The van der Waals surface area contributed by atoms with Gasteiger partial charge < -0.3 is 14.5 Å². The highest BCUT2D eigenvalue weighted by atomic mass is 32.2. The molecule has 0 radical (unpaired) electrons. The Balaban J connectivity index is 1.39. The molecular weight excluding hydrogens is 408 g/mol. The molecule has 2 aliphatic heterocycles. The fourth-order valence-electron chi connectivity index (χ4n) is 3.82. The SMILES string of the molecule is O=C(Nc1nc2ccccc2[nH]1)[C@H]1CCCN1S(=O)(=O)c1ccc2c(c1)OCCO2. The van der Waals surface area contributed by atoms with Crippen LogP contribution in [0.25, 0.3) is 11.0 Å². The summed E-state index contributed by atoms with van der Waals surface area (Å²) in [6.45, 7) is 1.06. The van der Waals surface area contributed by atoms with E-state index < -0.39 is 22.0 Å². The van der Waals surface area contributed by atoms with Crippen molar-refractivity contribution in [2.75, 3.05) is 25.1 Å². The Bertz CT molecular complexity index is 1190. The molecule has 2 N–H and O–H groups in total. The number of sulfonamides is 1. The first-order chi connectivity index (χ1) is 14.5. The van der Waals surface area contributed by atoms with E-state index in [0.717, 1.165) is 11.0 Å². The molecule has 9 nitrogen and oxygen atoms in total. The average Bonchev–Trinajstić information content (AvgIpc) is 3.40. The highest BCUT2D eigenvalue weighted by Crippen LogP contribution is 2.35. The van der Waals surface area contributed by atoms with Gasteiger partial charge in [-0.25, -0.2) is 13.4 Å². The van der Waals surface area contributed by atoms with E-state index in [1.807, 2.05) is 24.3 Å². The number of carbonyl (C=O) groups is 1. The summed E-state index contributed by atoms with van der Waals surface area (Å²) in [5.41, 5.74) is 1.51. The second-order valence-electron chi connectivity index (χ2n) is 7.17. The number of nitrogens with one attached hydrogen (secondary N) is 2. The quantitative estimate of drug-likeness (QED) is 0.658. The summed E-state index contributed by atoms with van der Waals surface area (Å²) in [5, 5.41) is 2.72. The maximum absolute atomic E-state index is 13.3. The fourth-order valence-corrected chi connectivity index (χ4v) is 5.49. The largest absolute Gasteiger partial charge is 0.486 e. The number of anilines is 1. The standard InChI is InChI=1S/C20H20N4O5S/c25-19(23-20-21-14-4-1-2-5-15(14)22-20)16-6-3-9-24(16)30(26,27)13-7-8-17-18(12-13)29-11-10-28-17/h1-2,4-5,7-8,12,16H,3,6,9-11H2,(H2,21,22,23,25)/t16-/m1/s1. The molecular formula is C20H20N4O5S. The Hall–Kier alpha value is -3.11. The average molecular weight is 428 g/mol. The van der Waals surface area contributed by atoms with E-state index in [4.69, 9.17) is 9.47 Å². The number of H-pyrrole nitrogens is 1. The molecule has 0 bridgehead atoms. The van der Waals surface area contributed by atoms with Crippen molar-refractivity contribution in [1.29, 1.82) is 0 Å². The van der Waals surface area contributed by atoms with Crippen LogP contribution in [0.15, 0.2) is 47.4 Å². The van der Waals surface area contributed by atoms with Crippen LogP contribution in [0.2, 0.25) is 0 Å². The van der Waals surface area contributed by atoms with Crippen molar-refractivity contribution >= 4 is 32.9 Å². The zero-order valence-corrected chi connectivity index (χ0v) is 16.8. The lowest BCUT2D eigenvalue weighted by atomic mass is 10.2. The zero-order chi connectivity index (χ0) is 20.7. The molecule has 2 aromatic carbocycles. The topological polar surface area (TPSA) is 114 Å². The van der Waals surface area contributed by atoms with E-state index in [2.05, 4.69) is 15.3 Å². The highest BCUT2D eigenvalue weighted by Gasteiger charge is 2.40. The number of rotatable bonds is 4. The molecule has 1 fully saturated rings. The number of hydrogen-bond acceptors (Lipinski definition) is 6. The fraction of sp³-hybridized carbons (Fsp3) is 0.300. The van der Waals surface area contributed by atoms with E-state index in [1.165, 1.54) is 16.4 Å². The lowest BCUT2D eigenvalue weighted by Gasteiger charge is -2.24. The molecule has 3 heterocycles. The number of fused-ring (bicyclic) bond motifs is 2. The van der Waals surface area contributed by atoms with Gasteiger partial charge >= 0.3 is 0 Å². The van der Waals surface area contributed by atoms with Crippen LogP contribution < -0.4 is 14.8 Å². The summed E-state index contributed by atoms with van der Waals surface area (Å²) in [6.07, 6.45) is 1.04. The van der Waals surface area contributed by atoms with Gasteiger partial charge in [0.05, 0.1) is 15.9 Å². The van der Waals surface area contributed by atoms with Gasteiger partial charge in [-0.2, -0.15) is 4.31 Å². The number of ether oxygens (including phenoxy) is 2. The van der Waals surface area contributed by atoms with Gasteiger partial charge in [0.25, 0.3) is 0 Å². The van der Waals surface area contributed by atoms with Crippen LogP contribution in [0.5, 0.6) is 11.5 Å². The first-order valence-electron chi connectivity index (χ1n) is 9.69. The third-order valence-corrected chi connectivity index (χ3v) is 7.16. The highest BCUT2D eigenvalue weighted by molar-refractivity contribution is 7.89. The summed E-state index contributed by atoms with van der Waals surface area (Å²) in [4.78, 5) is 20.3. The molecule has 10 heteroatoms. The Morgan fingerprint density at radius 1 is 1.13 bits per heavy atom. The number of imidazole rings is 1. The Morgan fingerprint density at radius 2 is 1.93 bits per heavy atom. The van der Waals surface area contributed by atoms with Crippen molar-refractivity contribution in [2.24, 2.45) is 0 Å². The van der Waals surface area contributed by atoms with Gasteiger partial charge in [-0.1, -0.05) is 12.1 Å². The van der Waals surface area contributed by atoms with Crippen molar-refractivity contribution < 1.29 is 22.7 Å². The maximum Gasteiger partial charge on any atom is 0.245 e. The molecule has 1 atom stereocenters. The maximum atomic E-state index is 13.3. The van der Waals surface area contributed by atoms with E-state index >= 15 is 0 Å². The third-order valence-electron chi connectivity index (χ3n) is 5.26. The first kappa shape index (κ1) is 18.9. The van der Waals surface area contributed by atoms with E-state index in [0.29, 0.717) is 43.5 Å². The van der Waals surface area contributed by atoms with Crippen LogP contribution in [0.1, 0.15) is 12.8 Å². The number of carbonyl (C=O) groups excluding carboxylic acids is 1. The van der Waals surface area contributed by atoms with Gasteiger partial charge in [-0.3, -0.25) is 10.1 Å². The monoisotopic (exact) mass is 428 g/mol. The van der Waals surface area contributed by atoms with Gasteiger partial charge in [0, 0.05) is 12.6 Å². The van der Waals surface area contributed by atoms with Crippen LogP contribution >= 0.6 is 0 Å². The van der Waals surface area contributed by atoms with E-state index in [9.17, 15) is 13.2 Å². The number of benzene rings is 2. The van der Waals surface area contributed by atoms with Gasteiger partial charge in [0.15, 0.2) is 11.5 Å². The Morgan fingerprint density at radius 3 is 2.77 bits per heavy atom. The minimum Gasteiger partial charge on any atom is -0.486 e. The molecule has 1 aromatic heterocycles. The van der Waals surface area contributed by atoms with E-state index in [-0.39, 0.29) is 11.4 Å². The molecule has 0 saturated carbocycles. The Labute approximate surface area is 173 Å². The van der Waals surface area contributed by atoms with Crippen LogP contribution in [0, 0.1) is 0 Å². The molecule has 1 amide bonds. The number of nitrogens with zero attached hydrogens (tertiary/aromatic N) is 2. The molecule has 0 unspecified atom stereocenters. The minimum absolute atomic E-state index is 0.0789. The van der Waals surface area contributed by atoms with Crippen LogP contribution in [-0.4, -0.2) is 54.4 Å². The van der Waals surface area contributed by atoms with Crippen LogP contribution in [0.3, 0.4) is 0 Å². The summed E-state index contributed by atoms with van der Waals surface area (Å²) in [7, 11) is -3.88. The number of para-hydroxylation sites is 2. The normalized spacial score (nSPS) is 19.1. The molecule has 0 aliphatic carbocycles. The summed E-state index contributed by atoms with van der Waals surface area (Å²) in [5.74, 6) is 0.794. The Kier molecular flexibility index (Phi) is 4.59. The second-order valence-corrected chi connectivity index (χ2v) is 9.06. The van der Waals surface area contributed by atoms with Gasteiger partial charge in [0.1, 0.15) is 19.3 Å². The summed E-state index contributed by atoms with van der Waals surface area (Å²) >= 11 is 0. The molecule has 1 saturated heterocycles. The van der Waals surface area contributed by atoms with Gasteiger partial charge in [-0.05, 0) is 37.1 Å².